The van der Waals surface area contributed by atoms with Crippen molar-refractivity contribution in [1.82, 2.24) is 24.6 Å². The highest BCUT2D eigenvalue weighted by atomic mass is 16.5. The van der Waals surface area contributed by atoms with Crippen LogP contribution < -0.4 is 16.4 Å². The molecule has 0 aliphatic rings. The minimum Gasteiger partial charge on any atom is -0.462 e. The SMILES string of the molecule is CCc1cnn2c(NCc3ccc(-c4ccccn4)cc3)nc(NC[C@@H](O)COC(=O)C(N)C(C)C)nc12. The molecule has 0 aliphatic heterocycles. The largest absolute Gasteiger partial charge is 0.462 e. The molecule has 0 aliphatic carbocycles. The first kappa shape index (κ1) is 27.0. The average Bonchev–Trinajstić information content (AvgIpc) is 3.37. The lowest BCUT2D eigenvalue weighted by Gasteiger charge is -2.17. The van der Waals surface area contributed by atoms with Crippen LogP contribution in [-0.4, -0.2) is 60.9 Å². The van der Waals surface area contributed by atoms with Gasteiger partial charge in [-0.25, -0.2) is 0 Å². The van der Waals surface area contributed by atoms with Gasteiger partial charge >= 0.3 is 5.97 Å². The number of rotatable bonds is 12. The van der Waals surface area contributed by atoms with Crippen LogP contribution in [0.5, 0.6) is 0 Å². The molecule has 0 saturated carbocycles. The fourth-order valence-corrected chi connectivity index (χ4v) is 3.69. The Balaban J connectivity index is 1.42. The number of ether oxygens (including phenoxy) is 1. The summed E-state index contributed by atoms with van der Waals surface area (Å²) in [6.07, 6.45) is 3.35. The van der Waals surface area contributed by atoms with E-state index in [9.17, 15) is 9.90 Å². The van der Waals surface area contributed by atoms with Gasteiger partial charge in [-0.15, -0.1) is 0 Å². The standard InChI is InChI=1S/C27H34N8O3/c1-4-19-14-32-35-24(19)33-26(30-15-21(36)16-38-25(37)23(28)17(2)3)34-27(35)31-13-18-8-10-20(11-9-18)22-7-5-6-12-29-22/h5-12,14,17,21,23,36H,4,13,15-16,28H2,1-3H3,(H2,30,31,33,34)/t21-,23?/m1/s1. The molecular weight excluding hydrogens is 484 g/mol. The third kappa shape index (κ3) is 6.61. The lowest BCUT2D eigenvalue weighted by molar-refractivity contribution is -0.149. The summed E-state index contributed by atoms with van der Waals surface area (Å²) in [7, 11) is 0. The first-order valence-corrected chi connectivity index (χ1v) is 12.7. The number of benzene rings is 1. The van der Waals surface area contributed by atoms with Crippen LogP contribution in [0.4, 0.5) is 11.9 Å². The topological polar surface area (TPSA) is 153 Å². The number of nitrogens with two attached hydrogens (primary N) is 1. The third-order valence-electron chi connectivity index (χ3n) is 6.09. The fraction of sp³-hybridized carbons (Fsp3) is 0.370. The first-order chi connectivity index (χ1) is 18.4. The summed E-state index contributed by atoms with van der Waals surface area (Å²) in [6.45, 7) is 6.13. The fourth-order valence-electron chi connectivity index (χ4n) is 3.69. The van der Waals surface area contributed by atoms with Gasteiger partial charge in [-0.05, 0) is 30.0 Å². The maximum absolute atomic E-state index is 12.0. The second kappa shape index (κ2) is 12.4. The van der Waals surface area contributed by atoms with E-state index in [1.54, 1.807) is 16.9 Å². The van der Waals surface area contributed by atoms with Crippen molar-refractivity contribution in [2.75, 3.05) is 23.8 Å². The molecule has 3 aromatic heterocycles. The molecule has 11 heteroatoms. The molecule has 0 spiro atoms. The first-order valence-electron chi connectivity index (χ1n) is 12.7. The van der Waals surface area contributed by atoms with E-state index < -0.39 is 18.1 Å². The highest BCUT2D eigenvalue weighted by Gasteiger charge is 2.20. The van der Waals surface area contributed by atoms with Crippen molar-refractivity contribution in [1.29, 1.82) is 0 Å². The normalized spacial score (nSPS) is 12.9. The van der Waals surface area contributed by atoms with Crippen molar-refractivity contribution >= 4 is 23.5 Å². The van der Waals surface area contributed by atoms with E-state index >= 15 is 0 Å². The Bertz CT molecular complexity index is 1340. The van der Waals surface area contributed by atoms with E-state index in [1.165, 1.54) is 0 Å². The maximum atomic E-state index is 12.0. The number of pyridine rings is 1. The van der Waals surface area contributed by atoms with Crippen molar-refractivity contribution in [3.05, 3.63) is 66.0 Å². The minimum absolute atomic E-state index is 0.0500. The minimum atomic E-state index is -0.956. The van der Waals surface area contributed by atoms with Gasteiger partial charge in [0.2, 0.25) is 11.9 Å². The van der Waals surface area contributed by atoms with E-state index in [0.717, 1.165) is 28.8 Å². The molecule has 5 N–H and O–H groups in total. The molecule has 0 amide bonds. The highest BCUT2D eigenvalue weighted by molar-refractivity contribution is 5.75. The van der Waals surface area contributed by atoms with Crippen molar-refractivity contribution in [3.8, 4) is 11.3 Å². The van der Waals surface area contributed by atoms with Crippen LogP contribution in [0, 0.1) is 5.92 Å². The van der Waals surface area contributed by atoms with Crippen LogP contribution in [0.1, 0.15) is 31.9 Å². The number of hydrogen-bond acceptors (Lipinski definition) is 10. The Hall–Kier alpha value is -4.09. The number of carbonyl (C=O) groups excluding carboxylic acids is 1. The monoisotopic (exact) mass is 518 g/mol. The number of nitrogens with one attached hydrogen (secondary N) is 2. The third-order valence-corrected chi connectivity index (χ3v) is 6.09. The Kier molecular flexibility index (Phi) is 8.82. The van der Waals surface area contributed by atoms with Gasteiger partial charge < -0.3 is 26.2 Å². The quantitative estimate of drug-likeness (QED) is 0.206. The van der Waals surface area contributed by atoms with E-state index in [0.29, 0.717) is 24.1 Å². The summed E-state index contributed by atoms with van der Waals surface area (Å²) in [6, 6.07) is 13.3. The van der Waals surface area contributed by atoms with Crippen molar-refractivity contribution in [2.45, 2.75) is 45.9 Å². The molecule has 4 rings (SSSR count). The van der Waals surface area contributed by atoms with Gasteiger partial charge in [0, 0.05) is 30.4 Å². The van der Waals surface area contributed by atoms with Gasteiger partial charge in [0.25, 0.3) is 0 Å². The van der Waals surface area contributed by atoms with Gasteiger partial charge in [0.1, 0.15) is 18.8 Å². The molecule has 4 aromatic rings. The maximum Gasteiger partial charge on any atom is 0.323 e. The predicted molar refractivity (Wildman–Crippen MR) is 145 cm³/mol. The lowest BCUT2D eigenvalue weighted by atomic mass is 10.1. The zero-order valence-corrected chi connectivity index (χ0v) is 21.8. The Morgan fingerprint density at radius 3 is 2.61 bits per heavy atom. The predicted octanol–water partition coefficient (Wildman–Crippen LogP) is 2.66. The number of aliphatic hydroxyl groups excluding tert-OH is 1. The summed E-state index contributed by atoms with van der Waals surface area (Å²) in [4.78, 5) is 25.5. The van der Waals surface area contributed by atoms with Gasteiger partial charge in [-0.2, -0.15) is 19.6 Å². The Morgan fingerprint density at radius 2 is 1.92 bits per heavy atom. The molecule has 38 heavy (non-hydrogen) atoms. The number of aryl methyl sites for hydroxylation is 1. The van der Waals surface area contributed by atoms with E-state index in [2.05, 4.69) is 30.7 Å². The van der Waals surface area contributed by atoms with Gasteiger partial charge in [-0.1, -0.05) is 51.1 Å². The van der Waals surface area contributed by atoms with Crippen molar-refractivity contribution in [2.24, 2.45) is 11.7 Å². The number of aromatic nitrogens is 5. The van der Waals surface area contributed by atoms with Gasteiger partial charge in [-0.3, -0.25) is 9.78 Å². The Morgan fingerprint density at radius 1 is 1.13 bits per heavy atom. The van der Waals surface area contributed by atoms with Crippen LogP contribution in [0.2, 0.25) is 0 Å². The van der Waals surface area contributed by atoms with Gasteiger partial charge in [0.05, 0.1) is 11.9 Å². The van der Waals surface area contributed by atoms with E-state index in [-0.39, 0.29) is 19.1 Å². The summed E-state index contributed by atoms with van der Waals surface area (Å²) < 4.78 is 6.80. The summed E-state index contributed by atoms with van der Waals surface area (Å²) in [5.41, 5.74) is 10.5. The van der Waals surface area contributed by atoms with Crippen molar-refractivity contribution in [3.63, 3.8) is 0 Å². The molecular formula is C27H34N8O3. The Labute approximate surface area is 221 Å². The van der Waals surface area contributed by atoms with Crippen LogP contribution >= 0.6 is 0 Å². The molecule has 2 atom stereocenters. The van der Waals surface area contributed by atoms with E-state index in [1.807, 2.05) is 63.2 Å². The zero-order chi connectivity index (χ0) is 27.1. The molecule has 3 heterocycles. The number of aliphatic hydroxyl groups is 1. The number of nitrogens with zero attached hydrogens (tertiary/aromatic N) is 5. The van der Waals surface area contributed by atoms with Crippen LogP contribution in [0.15, 0.2) is 54.9 Å². The molecule has 0 saturated heterocycles. The van der Waals surface area contributed by atoms with E-state index in [4.69, 9.17) is 10.5 Å². The molecule has 0 fully saturated rings. The molecule has 1 unspecified atom stereocenters. The lowest BCUT2D eigenvalue weighted by Crippen LogP contribution is -2.39. The van der Waals surface area contributed by atoms with Crippen LogP contribution in [0.25, 0.3) is 16.9 Å². The van der Waals surface area contributed by atoms with Gasteiger partial charge in [0.15, 0.2) is 5.65 Å². The summed E-state index contributed by atoms with van der Waals surface area (Å²) in [5.74, 6) is 0.244. The summed E-state index contributed by atoms with van der Waals surface area (Å²) >= 11 is 0. The van der Waals surface area contributed by atoms with Crippen LogP contribution in [-0.2, 0) is 22.5 Å². The second-order valence-electron chi connectivity index (χ2n) is 9.33. The molecule has 1 aromatic carbocycles. The number of esters is 1. The molecule has 0 bridgehead atoms. The molecule has 200 valence electrons. The number of carbonyl (C=O) groups is 1. The summed E-state index contributed by atoms with van der Waals surface area (Å²) in [5, 5.41) is 21.1. The molecule has 11 nitrogen and oxygen atoms in total. The second-order valence-corrected chi connectivity index (χ2v) is 9.33. The highest BCUT2D eigenvalue weighted by Crippen LogP contribution is 2.19. The smallest absolute Gasteiger partial charge is 0.323 e. The zero-order valence-electron chi connectivity index (χ0n) is 21.8. The van der Waals surface area contributed by atoms with Crippen molar-refractivity contribution < 1.29 is 14.6 Å². The average molecular weight is 519 g/mol. The number of hydrogen-bond donors (Lipinski definition) is 4. The number of fused-ring (bicyclic) bond motifs is 1. The van der Waals surface area contributed by atoms with Crippen LogP contribution in [0.3, 0.4) is 0 Å². The molecule has 0 radical (unpaired) electrons. The number of anilines is 2.